The fourth-order valence-corrected chi connectivity index (χ4v) is 0.388. The lowest BCUT2D eigenvalue weighted by atomic mass is 10.1. The molecular formula is C5H9O5. The molecule has 0 rings (SSSR count). The van der Waals surface area contributed by atoms with Crippen LogP contribution in [0.4, 0.5) is 0 Å². The molecule has 0 heterocycles. The maximum atomic E-state index is 9.64. The first-order valence-electron chi connectivity index (χ1n) is 2.66. The van der Waals surface area contributed by atoms with Crippen molar-refractivity contribution >= 4 is 6.29 Å². The minimum atomic E-state index is -1.76. The molecule has 0 saturated carbocycles. The van der Waals surface area contributed by atoms with Gasteiger partial charge in [-0.3, -0.25) is 4.79 Å². The van der Waals surface area contributed by atoms with Gasteiger partial charge in [-0.15, -0.1) is 0 Å². The summed E-state index contributed by atoms with van der Waals surface area (Å²) in [7, 11) is 0. The van der Waals surface area contributed by atoms with Crippen molar-refractivity contribution < 1.29 is 25.2 Å². The molecule has 0 aromatic carbocycles. The van der Waals surface area contributed by atoms with E-state index in [1.54, 1.807) is 0 Å². The van der Waals surface area contributed by atoms with Crippen molar-refractivity contribution in [2.24, 2.45) is 0 Å². The number of rotatable bonds is 4. The van der Waals surface area contributed by atoms with E-state index in [0.717, 1.165) is 6.29 Å². The van der Waals surface area contributed by atoms with Gasteiger partial charge >= 0.3 is 0 Å². The van der Waals surface area contributed by atoms with Crippen LogP contribution in [0.1, 0.15) is 0 Å². The second kappa shape index (κ2) is 4.35. The van der Waals surface area contributed by atoms with Crippen LogP contribution in [-0.4, -0.2) is 51.6 Å². The van der Waals surface area contributed by atoms with E-state index in [4.69, 9.17) is 20.4 Å². The molecule has 0 aromatic heterocycles. The molecule has 5 heteroatoms. The summed E-state index contributed by atoms with van der Waals surface area (Å²) in [6.07, 6.45) is -3.87. The highest BCUT2D eigenvalue weighted by Gasteiger charge is 2.23. The molecule has 0 fully saturated rings. The third-order valence-corrected chi connectivity index (χ3v) is 1.03. The summed E-state index contributed by atoms with van der Waals surface area (Å²) in [6, 6.07) is 0. The van der Waals surface area contributed by atoms with Crippen LogP contribution in [-0.2, 0) is 4.79 Å². The molecule has 0 amide bonds. The lowest BCUT2D eigenvalue weighted by Gasteiger charge is -2.15. The number of aliphatic hydroxyl groups is 4. The van der Waals surface area contributed by atoms with E-state index in [2.05, 4.69) is 0 Å². The summed E-state index contributed by atoms with van der Waals surface area (Å²) < 4.78 is 0. The Bertz CT molecular complexity index is 104. The Balaban J connectivity index is 3.80. The van der Waals surface area contributed by atoms with Gasteiger partial charge in [-0.05, 0) is 0 Å². The molecule has 5 nitrogen and oxygen atoms in total. The standard InChI is InChI=1S/C5H9O5/c6-1-3(8)5(10)4(9)2-7/h3-6,8-10H,1H2/t3-,4+,5-/m1/s1. The third-order valence-electron chi connectivity index (χ3n) is 1.03. The van der Waals surface area contributed by atoms with Crippen LogP contribution < -0.4 is 0 Å². The Morgan fingerprint density at radius 2 is 1.80 bits per heavy atom. The number of aliphatic hydroxyl groups excluding tert-OH is 4. The zero-order chi connectivity index (χ0) is 8.15. The molecule has 4 N–H and O–H groups in total. The molecule has 0 bridgehead atoms. The van der Waals surface area contributed by atoms with Gasteiger partial charge in [0, 0.05) is 0 Å². The molecule has 0 unspecified atom stereocenters. The van der Waals surface area contributed by atoms with E-state index in [0.29, 0.717) is 0 Å². The van der Waals surface area contributed by atoms with Gasteiger partial charge in [-0.2, -0.15) is 0 Å². The molecule has 0 spiro atoms. The van der Waals surface area contributed by atoms with E-state index < -0.39 is 24.9 Å². The van der Waals surface area contributed by atoms with Gasteiger partial charge in [0.2, 0.25) is 6.29 Å². The Hall–Kier alpha value is -0.490. The van der Waals surface area contributed by atoms with Crippen molar-refractivity contribution in [3.8, 4) is 0 Å². The van der Waals surface area contributed by atoms with Crippen LogP contribution in [0.15, 0.2) is 0 Å². The predicted octanol–water partition coefficient (Wildman–Crippen LogP) is -2.83. The molecule has 59 valence electrons. The van der Waals surface area contributed by atoms with Crippen molar-refractivity contribution in [1.82, 2.24) is 0 Å². The average Bonchev–Trinajstić information content (AvgIpc) is 2.00. The van der Waals surface area contributed by atoms with Crippen molar-refractivity contribution in [2.45, 2.75) is 18.3 Å². The molecule has 0 aromatic rings. The van der Waals surface area contributed by atoms with E-state index in [9.17, 15) is 4.79 Å². The van der Waals surface area contributed by atoms with Crippen LogP contribution >= 0.6 is 0 Å². The highest BCUT2D eigenvalue weighted by Crippen LogP contribution is 1.96. The summed E-state index contributed by atoms with van der Waals surface area (Å²) in [5, 5.41) is 33.9. The molecule has 10 heavy (non-hydrogen) atoms. The van der Waals surface area contributed by atoms with E-state index >= 15 is 0 Å². The van der Waals surface area contributed by atoms with Crippen molar-refractivity contribution in [1.29, 1.82) is 0 Å². The topological polar surface area (TPSA) is 98.0 Å². The summed E-state index contributed by atoms with van der Waals surface area (Å²) in [5.74, 6) is 0. The third kappa shape index (κ3) is 2.40. The van der Waals surface area contributed by atoms with Crippen molar-refractivity contribution in [3.05, 3.63) is 0 Å². The van der Waals surface area contributed by atoms with Crippen LogP contribution in [0.5, 0.6) is 0 Å². The van der Waals surface area contributed by atoms with Crippen LogP contribution in [0.25, 0.3) is 0 Å². The van der Waals surface area contributed by atoms with Gasteiger partial charge < -0.3 is 20.4 Å². The van der Waals surface area contributed by atoms with Gasteiger partial charge in [0.05, 0.1) is 6.61 Å². The minimum Gasteiger partial charge on any atom is -0.394 e. The number of hydrogen-bond donors (Lipinski definition) is 4. The predicted molar refractivity (Wildman–Crippen MR) is 30.8 cm³/mol. The maximum absolute atomic E-state index is 9.64. The highest BCUT2D eigenvalue weighted by molar-refractivity contribution is 5.57. The molecule has 0 aliphatic heterocycles. The summed E-state index contributed by atoms with van der Waals surface area (Å²) in [6.45, 7) is -0.708. The Labute approximate surface area is 57.5 Å². The molecule has 0 saturated heterocycles. The van der Waals surface area contributed by atoms with Crippen molar-refractivity contribution in [3.63, 3.8) is 0 Å². The maximum Gasteiger partial charge on any atom is 0.232 e. The number of carbonyl (C=O) groups excluding carboxylic acids is 1. The smallest absolute Gasteiger partial charge is 0.232 e. The second-order valence-corrected chi connectivity index (χ2v) is 1.80. The van der Waals surface area contributed by atoms with E-state index in [1.807, 2.05) is 0 Å². The lowest BCUT2D eigenvalue weighted by Crippen LogP contribution is -2.40. The van der Waals surface area contributed by atoms with Crippen LogP contribution in [0.3, 0.4) is 0 Å². The van der Waals surface area contributed by atoms with Crippen LogP contribution in [0.2, 0.25) is 0 Å². The zero-order valence-electron chi connectivity index (χ0n) is 5.14. The average molecular weight is 149 g/mol. The van der Waals surface area contributed by atoms with E-state index in [-0.39, 0.29) is 0 Å². The largest absolute Gasteiger partial charge is 0.394 e. The summed E-state index contributed by atoms with van der Waals surface area (Å²) in [5.41, 5.74) is 0. The second-order valence-electron chi connectivity index (χ2n) is 1.80. The Morgan fingerprint density at radius 3 is 2.10 bits per heavy atom. The van der Waals surface area contributed by atoms with Gasteiger partial charge in [0.25, 0.3) is 0 Å². The fraction of sp³-hybridized carbons (Fsp3) is 0.800. The summed E-state index contributed by atoms with van der Waals surface area (Å²) >= 11 is 0. The molecule has 0 aliphatic rings. The summed E-state index contributed by atoms with van der Waals surface area (Å²) in [4.78, 5) is 9.64. The fourth-order valence-electron chi connectivity index (χ4n) is 0.388. The molecular weight excluding hydrogens is 140 g/mol. The molecule has 1 radical (unpaired) electrons. The van der Waals surface area contributed by atoms with Gasteiger partial charge in [0.1, 0.15) is 18.3 Å². The zero-order valence-corrected chi connectivity index (χ0v) is 5.14. The molecule has 0 aliphatic carbocycles. The number of hydrogen-bond acceptors (Lipinski definition) is 5. The lowest BCUT2D eigenvalue weighted by molar-refractivity contribution is -0.0557. The normalized spacial score (nSPS) is 19.6. The van der Waals surface area contributed by atoms with Gasteiger partial charge in [-0.25, -0.2) is 0 Å². The van der Waals surface area contributed by atoms with Crippen LogP contribution in [0, 0.1) is 0 Å². The minimum absolute atomic E-state index is 0.708. The first kappa shape index (κ1) is 9.51. The quantitative estimate of drug-likeness (QED) is 0.345. The first-order valence-corrected chi connectivity index (χ1v) is 2.66. The van der Waals surface area contributed by atoms with E-state index in [1.165, 1.54) is 0 Å². The monoisotopic (exact) mass is 149 g/mol. The first-order chi connectivity index (χ1) is 4.63. The molecule has 3 atom stereocenters. The Kier molecular flexibility index (Phi) is 4.13. The Morgan fingerprint density at radius 1 is 1.30 bits per heavy atom. The highest BCUT2D eigenvalue weighted by atomic mass is 16.4. The SMILES string of the molecule is O=[C][C@H](O)[C@H](O)[C@H](O)CO. The van der Waals surface area contributed by atoms with Crippen molar-refractivity contribution in [2.75, 3.05) is 6.61 Å². The van der Waals surface area contributed by atoms with Gasteiger partial charge in [0.15, 0.2) is 0 Å². The van der Waals surface area contributed by atoms with Gasteiger partial charge in [-0.1, -0.05) is 0 Å².